The van der Waals surface area contributed by atoms with E-state index in [4.69, 9.17) is 24.7 Å². The first kappa shape index (κ1) is 18.6. The monoisotopic (exact) mass is 369 g/mol. The predicted molar refractivity (Wildman–Crippen MR) is 104 cm³/mol. The molecular formula is C21H23NO5. The van der Waals surface area contributed by atoms with Crippen LogP contribution in [0.2, 0.25) is 0 Å². The molecule has 0 radical (unpaired) electrons. The van der Waals surface area contributed by atoms with Crippen molar-refractivity contribution in [1.82, 2.24) is 0 Å². The van der Waals surface area contributed by atoms with E-state index in [-0.39, 0.29) is 12.6 Å². The number of ether oxygens (including phenoxy) is 4. The maximum atomic E-state index is 13.0. The second-order valence-corrected chi connectivity index (χ2v) is 6.16. The summed E-state index contributed by atoms with van der Waals surface area (Å²) in [5, 5.41) is 0. The SMILES string of the molecule is CCC/C(=C\c1cc(OC)c2c(c1)OCO2)C(=O)c1ccc(OC)c(N)c1. The lowest BCUT2D eigenvalue weighted by molar-refractivity contribution is 0.103. The highest BCUT2D eigenvalue weighted by atomic mass is 16.7. The number of nitrogen functional groups attached to an aromatic ring is 1. The molecule has 0 fully saturated rings. The van der Waals surface area contributed by atoms with E-state index in [1.54, 1.807) is 32.4 Å². The van der Waals surface area contributed by atoms with Crippen molar-refractivity contribution in [2.24, 2.45) is 0 Å². The zero-order valence-corrected chi connectivity index (χ0v) is 15.7. The molecule has 142 valence electrons. The zero-order valence-electron chi connectivity index (χ0n) is 15.7. The second kappa shape index (κ2) is 8.03. The van der Waals surface area contributed by atoms with Gasteiger partial charge in [-0.2, -0.15) is 0 Å². The van der Waals surface area contributed by atoms with Gasteiger partial charge in [0.05, 0.1) is 19.9 Å². The Morgan fingerprint density at radius 2 is 1.93 bits per heavy atom. The number of Topliss-reactive ketones (excluding diaryl/α,β-unsaturated/α-hetero) is 1. The minimum atomic E-state index is -0.0668. The Kier molecular flexibility index (Phi) is 5.54. The van der Waals surface area contributed by atoms with Gasteiger partial charge in [0.25, 0.3) is 0 Å². The van der Waals surface area contributed by atoms with Crippen molar-refractivity contribution in [3.05, 3.63) is 47.0 Å². The van der Waals surface area contributed by atoms with Crippen molar-refractivity contribution >= 4 is 17.5 Å². The molecule has 0 amide bonds. The fourth-order valence-electron chi connectivity index (χ4n) is 3.02. The summed E-state index contributed by atoms with van der Waals surface area (Å²) in [6, 6.07) is 8.75. The van der Waals surface area contributed by atoms with Crippen LogP contribution in [0.25, 0.3) is 6.08 Å². The number of benzene rings is 2. The van der Waals surface area contributed by atoms with Crippen LogP contribution in [0.3, 0.4) is 0 Å². The Bertz CT molecular complexity index is 888. The van der Waals surface area contributed by atoms with E-state index in [2.05, 4.69) is 0 Å². The first-order valence-corrected chi connectivity index (χ1v) is 8.73. The average molecular weight is 369 g/mol. The molecule has 2 aromatic rings. The summed E-state index contributed by atoms with van der Waals surface area (Å²) in [5.41, 5.74) is 8.41. The minimum Gasteiger partial charge on any atom is -0.495 e. The van der Waals surface area contributed by atoms with Crippen LogP contribution in [0.15, 0.2) is 35.9 Å². The number of carbonyl (C=O) groups excluding carboxylic acids is 1. The van der Waals surface area contributed by atoms with Gasteiger partial charge in [-0.25, -0.2) is 0 Å². The Hall–Kier alpha value is -3.15. The number of hydrogen-bond acceptors (Lipinski definition) is 6. The van der Waals surface area contributed by atoms with Gasteiger partial charge < -0.3 is 24.7 Å². The maximum absolute atomic E-state index is 13.0. The summed E-state index contributed by atoms with van der Waals surface area (Å²) < 4.78 is 21.4. The normalized spacial score (nSPS) is 12.8. The molecule has 0 spiro atoms. The number of fused-ring (bicyclic) bond motifs is 1. The minimum absolute atomic E-state index is 0.0668. The Morgan fingerprint density at radius 1 is 1.15 bits per heavy atom. The van der Waals surface area contributed by atoms with E-state index in [0.717, 1.165) is 12.0 Å². The molecule has 2 N–H and O–H groups in total. The second-order valence-electron chi connectivity index (χ2n) is 6.16. The third-order valence-electron chi connectivity index (χ3n) is 4.32. The van der Waals surface area contributed by atoms with Crippen molar-refractivity contribution in [2.45, 2.75) is 19.8 Å². The van der Waals surface area contributed by atoms with Crippen LogP contribution in [-0.2, 0) is 0 Å². The molecule has 27 heavy (non-hydrogen) atoms. The summed E-state index contributed by atoms with van der Waals surface area (Å²) in [7, 11) is 3.12. The van der Waals surface area contributed by atoms with E-state index in [1.165, 1.54) is 0 Å². The Labute approximate surface area is 158 Å². The number of hydrogen-bond donors (Lipinski definition) is 1. The van der Waals surface area contributed by atoms with Gasteiger partial charge in [0, 0.05) is 11.1 Å². The Morgan fingerprint density at radius 3 is 2.59 bits per heavy atom. The van der Waals surface area contributed by atoms with Gasteiger partial charge >= 0.3 is 0 Å². The van der Waals surface area contributed by atoms with E-state index >= 15 is 0 Å². The quantitative estimate of drug-likeness (QED) is 0.450. The molecule has 6 nitrogen and oxygen atoms in total. The van der Waals surface area contributed by atoms with Crippen molar-refractivity contribution < 1.29 is 23.7 Å². The number of anilines is 1. The third kappa shape index (κ3) is 3.84. The largest absolute Gasteiger partial charge is 0.495 e. The van der Waals surface area contributed by atoms with Gasteiger partial charge in [0.15, 0.2) is 17.3 Å². The van der Waals surface area contributed by atoms with Crippen LogP contribution >= 0.6 is 0 Å². The smallest absolute Gasteiger partial charge is 0.231 e. The highest BCUT2D eigenvalue weighted by Crippen LogP contribution is 2.42. The fourth-order valence-corrected chi connectivity index (χ4v) is 3.02. The number of nitrogens with two attached hydrogens (primary N) is 1. The first-order chi connectivity index (χ1) is 13.1. The third-order valence-corrected chi connectivity index (χ3v) is 4.32. The number of allylic oxidation sites excluding steroid dienone is 1. The lowest BCUT2D eigenvalue weighted by Crippen LogP contribution is -2.05. The van der Waals surface area contributed by atoms with Gasteiger partial charge in [-0.05, 0) is 48.4 Å². The summed E-state index contributed by atoms with van der Waals surface area (Å²) in [5.74, 6) is 2.25. The van der Waals surface area contributed by atoms with Crippen LogP contribution < -0.4 is 24.7 Å². The highest BCUT2D eigenvalue weighted by Gasteiger charge is 2.20. The number of rotatable bonds is 7. The van der Waals surface area contributed by atoms with Crippen LogP contribution in [0.1, 0.15) is 35.7 Å². The van der Waals surface area contributed by atoms with Crippen molar-refractivity contribution in [3.63, 3.8) is 0 Å². The molecule has 1 heterocycles. The summed E-state index contributed by atoms with van der Waals surface area (Å²) in [6.45, 7) is 2.19. The van der Waals surface area contributed by atoms with Crippen LogP contribution in [0, 0.1) is 0 Å². The molecule has 0 bridgehead atoms. The molecule has 0 saturated carbocycles. The molecule has 0 atom stereocenters. The Balaban J connectivity index is 1.98. The number of carbonyl (C=O) groups is 1. The zero-order chi connectivity index (χ0) is 19.4. The summed E-state index contributed by atoms with van der Waals surface area (Å²) in [6.07, 6.45) is 3.34. The number of ketones is 1. The average Bonchev–Trinajstić information content (AvgIpc) is 3.15. The van der Waals surface area contributed by atoms with E-state index < -0.39 is 0 Å². The van der Waals surface area contributed by atoms with E-state index in [1.807, 2.05) is 25.1 Å². The molecule has 3 rings (SSSR count). The molecule has 2 aromatic carbocycles. The highest BCUT2D eigenvalue weighted by molar-refractivity contribution is 6.11. The lowest BCUT2D eigenvalue weighted by Gasteiger charge is -2.10. The van der Waals surface area contributed by atoms with Gasteiger partial charge in [0.1, 0.15) is 5.75 Å². The first-order valence-electron chi connectivity index (χ1n) is 8.73. The molecule has 0 saturated heterocycles. The standard InChI is InChI=1S/C21H23NO5/c1-4-5-14(20(23)15-6-7-17(24-2)16(22)11-15)8-13-9-18(25-3)21-19(10-13)26-12-27-21/h6-11H,4-5,12,22H2,1-3H3/b14-8+. The van der Waals surface area contributed by atoms with Gasteiger partial charge in [-0.15, -0.1) is 0 Å². The summed E-state index contributed by atoms with van der Waals surface area (Å²) >= 11 is 0. The van der Waals surface area contributed by atoms with Crippen LogP contribution in [0.5, 0.6) is 23.0 Å². The van der Waals surface area contributed by atoms with Crippen molar-refractivity contribution in [1.29, 1.82) is 0 Å². The topological polar surface area (TPSA) is 80.0 Å². The van der Waals surface area contributed by atoms with Gasteiger partial charge in [-0.1, -0.05) is 13.3 Å². The van der Waals surface area contributed by atoms with Crippen LogP contribution in [0.4, 0.5) is 5.69 Å². The molecular weight excluding hydrogens is 346 g/mol. The van der Waals surface area contributed by atoms with Crippen molar-refractivity contribution in [2.75, 3.05) is 26.7 Å². The van der Waals surface area contributed by atoms with Crippen molar-refractivity contribution in [3.8, 4) is 23.0 Å². The predicted octanol–water partition coefficient (Wildman–Crippen LogP) is 4.08. The molecule has 0 unspecified atom stereocenters. The molecule has 6 heteroatoms. The van der Waals surface area contributed by atoms with E-state index in [9.17, 15) is 4.79 Å². The summed E-state index contributed by atoms with van der Waals surface area (Å²) in [4.78, 5) is 13.0. The fraction of sp³-hybridized carbons (Fsp3) is 0.286. The number of methoxy groups -OCH3 is 2. The molecule has 0 aromatic heterocycles. The van der Waals surface area contributed by atoms with Gasteiger partial charge in [0.2, 0.25) is 12.5 Å². The molecule has 1 aliphatic rings. The van der Waals surface area contributed by atoms with Crippen LogP contribution in [-0.4, -0.2) is 26.8 Å². The molecule has 0 aliphatic carbocycles. The lowest BCUT2D eigenvalue weighted by atomic mass is 9.96. The van der Waals surface area contributed by atoms with E-state index in [0.29, 0.717) is 46.2 Å². The van der Waals surface area contributed by atoms with Gasteiger partial charge in [-0.3, -0.25) is 4.79 Å². The molecule has 1 aliphatic heterocycles. The maximum Gasteiger partial charge on any atom is 0.231 e.